The summed E-state index contributed by atoms with van der Waals surface area (Å²) in [5.74, 6) is 0.00470. The molecule has 0 unspecified atom stereocenters. The molecule has 0 heterocycles. The number of ether oxygens (including phenoxy) is 3. The highest BCUT2D eigenvalue weighted by atomic mass is 16.5. The first-order chi connectivity index (χ1) is 11.5. The molecule has 0 aliphatic carbocycles. The minimum absolute atomic E-state index is 0.229. The second-order valence-electron chi connectivity index (χ2n) is 4.83. The second-order valence-corrected chi connectivity index (χ2v) is 4.83. The Labute approximate surface area is 141 Å². The second kappa shape index (κ2) is 10.1. The molecule has 0 radical (unpaired) electrons. The zero-order valence-electron chi connectivity index (χ0n) is 14.2. The molecule has 130 valence electrons. The zero-order valence-corrected chi connectivity index (χ0v) is 14.2. The van der Waals surface area contributed by atoms with Crippen molar-refractivity contribution in [2.75, 3.05) is 33.4 Å². The molecule has 0 bridgehead atoms. The smallest absolute Gasteiger partial charge is 0.338 e. The van der Waals surface area contributed by atoms with Crippen molar-refractivity contribution < 1.29 is 23.8 Å². The van der Waals surface area contributed by atoms with Crippen LogP contribution in [0, 0.1) is 11.3 Å². The molecule has 0 aliphatic rings. The summed E-state index contributed by atoms with van der Waals surface area (Å²) < 4.78 is 15.9. The van der Waals surface area contributed by atoms with Crippen LogP contribution in [0.5, 0.6) is 11.5 Å². The monoisotopic (exact) mass is 334 g/mol. The van der Waals surface area contributed by atoms with E-state index >= 15 is 0 Å². The summed E-state index contributed by atoms with van der Waals surface area (Å²) in [6.45, 7) is 4.51. The van der Waals surface area contributed by atoms with Gasteiger partial charge in [-0.05, 0) is 32.0 Å². The quantitative estimate of drug-likeness (QED) is 0.642. The molecule has 0 saturated heterocycles. The molecule has 0 fully saturated rings. The van der Waals surface area contributed by atoms with Crippen LogP contribution in [-0.4, -0.2) is 50.2 Å². The average molecular weight is 334 g/mol. The van der Waals surface area contributed by atoms with Crippen LogP contribution in [0.1, 0.15) is 30.6 Å². The summed E-state index contributed by atoms with van der Waals surface area (Å²) >= 11 is 0. The van der Waals surface area contributed by atoms with E-state index in [4.69, 9.17) is 19.5 Å². The summed E-state index contributed by atoms with van der Waals surface area (Å²) in [5.41, 5.74) is 0.273. The van der Waals surface area contributed by atoms with Crippen LogP contribution in [0.2, 0.25) is 0 Å². The number of hydrogen-bond donors (Lipinski definition) is 0. The predicted octanol–water partition coefficient (Wildman–Crippen LogP) is 2.01. The molecule has 24 heavy (non-hydrogen) atoms. The Bertz CT molecular complexity index is 609. The standard InChI is InChI=1S/C17H22N2O5/c1-4-22-14-8-7-13(11-15(14)23-5-2)17(21)24-12-16(20)19(3)10-6-9-18/h7-8,11H,4-6,10,12H2,1-3H3. The van der Waals surface area contributed by atoms with Crippen LogP contribution >= 0.6 is 0 Å². The van der Waals surface area contributed by atoms with Crippen molar-refractivity contribution >= 4 is 11.9 Å². The Morgan fingerprint density at radius 1 is 1.17 bits per heavy atom. The highest BCUT2D eigenvalue weighted by Crippen LogP contribution is 2.28. The number of benzene rings is 1. The van der Waals surface area contributed by atoms with Crippen LogP contribution in [-0.2, 0) is 9.53 Å². The molecular weight excluding hydrogens is 312 g/mol. The van der Waals surface area contributed by atoms with E-state index in [1.165, 1.54) is 11.0 Å². The van der Waals surface area contributed by atoms with Gasteiger partial charge in [0, 0.05) is 13.6 Å². The van der Waals surface area contributed by atoms with Gasteiger partial charge in [-0.15, -0.1) is 0 Å². The minimum Gasteiger partial charge on any atom is -0.490 e. The molecule has 0 atom stereocenters. The molecule has 7 heteroatoms. The molecule has 7 nitrogen and oxygen atoms in total. The van der Waals surface area contributed by atoms with Crippen LogP contribution in [0.15, 0.2) is 18.2 Å². The molecular formula is C17H22N2O5. The lowest BCUT2D eigenvalue weighted by Crippen LogP contribution is -2.31. The summed E-state index contributed by atoms with van der Waals surface area (Å²) in [6.07, 6.45) is 0.229. The number of nitrogens with zero attached hydrogens (tertiary/aromatic N) is 2. The van der Waals surface area contributed by atoms with Gasteiger partial charge in [0.1, 0.15) is 0 Å². The molecule has 1 amide bonds. The van der Waals surface area contributed by atoms with Crippen LogP contribution < -0.4 is 9.47 Å². The summed E-state index contributed by atoms with van der Waals surface area (Å²) in [4.78, 5) is 25.2. The predicted molar refractivity (Wildman–Crippen MR) is 86.9 cm³/mol. The van der Waals surface area contributed by atoms with Gasteiger partial charge in [-0.25, -0.2) is 4.79 Å². The fraction of sp³-hybridized carbons (Fsp3) is 0.471. The largest absolute Gasteiger partial charge is 0.490 e. The van der Waals surface area contributed by atoms with Crippen molar-refractivity contribution in [3.8, 4) is 17.6 Å². The molecule has 0 N–H and O–H groups in total. The lowest BCUT2D eigenvalue weighted by molar-refractivity contribution is -0.133. The maximum Gasteiger partial charge on any atom is 0.338 e. The summed E-state index contributed by atoms with van der Waals surface area (Å²) in [5, 5.41) is 8.50. The molecule has 1 aromatic rings. The fourth-order valence-electron chi connectivity index (χ4n) is 1.84. The van der Waals surface area contributed by atoms with Crippen LogP contribution in [0.3, 0.4) is 0 Å². The number of likely N-dealkylation sites (N-methyl/N-ethyl adjacent to an activating group) is 1. The number of esters is 1. The molecule has 0 spiro atoms. The van der Waals surface area contributed by atoms with Crippen LogP contribution in [0.4, 0.5) is 0 Å². The highest BCUT2D eigenvalue weighted by Gasteiger charge is 2.15. The van der Waals surface area contributed by atoms with E-state index < -0.39 is 5.97 Å². The van der Waals surface area contributed by atoms with E-state index in [-0.39, 0.29) is 24.5 Å². The Morgan fingerprint density at radius 3 is 2.46 bits per heavy atom. The SMILES string of the molecule is CCOc1ccc(C(=O)OCC(=O)N(C)CCC#N)cc1OCC. The molecule has 0 aliphatic heterocycles. The minimum atomic E-state index is -0.624. The third-order valence-electron chi connectivity index (χ3n) is 3.09. The van der Waals surface area contributed by atoms with Gasteiger partial charge < -0.3 is 19.1 Å². The van der Waals surface area contributed by atoms with Gasteiger partial charge in [0.2, 0.25) is 0 Å². The number of rotatable bonds is 9. The van der Waals surface area contributed by atoms with Gasteiger partial charge in [-0.3, -0.25) is 4.79 Å². The Kier molecular flexibility index (Phi) is 8.13. The number of nitriles is 1. The highest BCUT2D eigenvalue weighted by molar-refractivity contribution is 5.92. The van der Waals surface area contributed by atoms with E-state index in [1.807, 2.05) is 19.9 Å². The first kappa shape index (κ1) is 19.3. The van der Waals surface area contributed by atoms with Gasteiger partial charge in [-0.1, -0.05) is 0 Å². The van der Waals surface area contributed by atoms with E-state index in [1.54, 1.807) is 19.2 Å². The first-order valence-electron chi connectivity index (χ1n) is 7.71. The maximum atomic E-state index is 12.1. The van der Waals surface area contributed by atoms with E-state index in [2.05, 4.69) is 0 Å². The van der Waals surface area contributed by atoms with Crippen LogP contribution in [0.25, 0.3) is 0 Å². The van der Waals surface area contributed by atoms with Gasteiger partial charge in [-0.2, -0.15) is 5.26 Å². The maximum absolute atomic E-state index is 12.1. The Hall–Kier alpha value is -2.75. The van der Waals surface area contributed by atoms with Crippen molar-refractivity contribution in [1.82, 2.24) is 4.90 Å². The molecule has 1 rings (SSSR count). The van der Waals surface area contributed by atoms with Gasteiger partial charge in [0.05, 0.1) is 31.3 Å². The lowest BCUT2D eigenvalue weighted by atomic mass is 10.2. The lowest BCUT2D eigenvalue weighted by Gasteiger charge is -2.15. The third-order valence-corrected chi connectivity index (χ3v) is 3.09. The van der Waals surface area contributed by atoms with E-state index in [0.29, 0.717) is 31.3 Å². The van der Waals surface area contributed by atoms with Crippen molar-refractivity contribution in [3.05, 3.63) is 23.8 Å². The van der Waals surface area contributed by atoms with Crippen molar-refractivity contribution in [3.63, 3.8) is 0 Å². The van der Waals surface area contributed by atoms with Gasteiger partial charge >= 0.3 is 5.97 Å². The average Bonchev–Trinajstić information content (AvgIpc) is 2.59. The van der Waals surface area contributed by atoms with Gasteiger partial charge in [0.25, 0.3) is 5.91 Å². The zero-order chi connectivity index (χ0) is 17.9. The van der Waals surface area contributed by atoms with Crippen molar-refractivity contribution in [1.29, 1.82) is 5.26 Å². The molecule has 1 aromatic carbocycles. The third kappa shape index (κ3) is 5.80. The first-order valence-corrected chi connectivity index (χ1v) is 7.71. The normalized spacial score (nSPS) is 9.75. The van der Waals surface area contributed by atoms with Gasteiger partial charge in [0.15, 0.2) is 18.1 Å². The van der Waals surface area contributed by atoms with E-state index in [9.17, 15) is 9.59 Å². The summed E-state index contributed by atoms with van der Waals surface area (Å²) in [7, 11) is 1.55. The fourth-order valence-corrected chi connectivity index (χ4v) is 1.84. The molecule has 0 saturated carbocycles. The Morgan fingerprint density at radius 2 is 1.83 bits per heavy atom. The Balaban J connectivity index is 2.69. The van der Waals surface area contributed by atoms with Crippen molar-refractivity contribution in [2.45, 2.75) is 20.3 Å². The molecule has 0 aromatic heterocycles. The number of carbonyl (C=O) groups is 2. The topological polar surface area (TPSA) is 88.9 Å². The van der Waals surface area contributed by atoms with Crippen molar-refractivity contribution in [2.24, 2.45) is 0 Å². The number of carbonyl (C=O) groups excluding carboxylic acids is 2. The number of amides is 1. The summed E-state index contributed by atoms with van der Waals surface area (Å²) in [6, 6.07) is 6.67. The number of hydrogen-bond acceptors (Lipinski definition) is 6. The van der Waals surface area contributed by atoms with E-state index in [0.717, 1.165) is 0 Å².